The number of hydrogen-bond acceptors (Lipinski definition) is 3. The van der Waals surface area contributed by atoms with Crippen molar-refractivity contribution in [2.45, 2.75) is 38.9 Å². The molecule has 190 valence electrons. The Labute approximate surface area is 226 Å². The smallest absolute Gasteiger partial charge is 0.261 e. The Hall–Kier alpha value is -3.64. The number of hydrogen-bond donors (Lipinski definition) is 1. The zero-order valence-corrected chi connectivity index (χ0v) is 22.6. The normalized spacial score (nSPS) is 11.8. The number of rotatable bonds is 10. The van der Waals surface area contributed by atoms with Gasteiger partial charge in [0.2, 0.25) is 5.91 Å². The maximum atomic E-state index is 13.8. The van der Waals surface area contributed by atoms with E-state index in [0.717, 1.165) is 26.4 Å². The summed E-state index contributed by atoms with van der Waals surface area (Å²) in [4.78, 5) is 28.9. The number of carbonyl (C=O) groups is 2. The van der Waals surface area contributed by atoms with Crippen molar-refractivity contribution in [1.82, 2.24) is 10.2 Å². The van der Waals surface area contributed by atoms with Crippen LogP contribution in [0.1, 0.15) is 25.0 Å². The van der Waals surface area contributed by atoms with Crippen LogP contribution in [0.4, 0.5) is 0 Å². The third-order valence-corrected chi connectivity index (χ3v) is 6.54. The fourth-order valence-corrected chi connectivity index (χ4v) is 4.76. The predicted molar refractivity (Wildman–Crippen MR) is 151 cm³/mol. The van der Waals surface area contributed by atoms with Crippen LogP contribution < -0.4 is 10.1 Å². The molecule has 2 amide bonds. The van der Waals surface area contributed by atoms with Gasteiger partial charge in [-0.3, -0.25) is 9.59 Å². The number of halogens is 1. The van der Waals surface area contributed by atoms with Gasteiger partial charge in [-0.25, -0.2) is 0 Å². The first-order valence-corrected chi connectivity index (χ1v) is 13.2. The second kappa shape index (κ2) is 12.5. The van der Waals surface area contributed by atoms with E-state index in [9.17, 15) is 9.59 Å². The van der Waals surface area contributed by atoms with E-state index in [-0.39, 0.29) is 31.0 Å². The first-order valence-electron chi connectivity index (χ1n) is 12.4. The maximum absolute atomic E-state index is 13.8. The summed E-state index contributed by atoms with van der Waals surface area (Å²) in [5.41, 5.74) is 1.90. The van der Waals surface area contributed by atoms with E-state index in [1.165, 1.54) is 0 Å². The van der Waals surface area contributed by atoms with E-state index in [2.05, 4.69) is 21.2 Å². The Kier molecular flexibility index (Phi) is 8.96. The highest BCUT2D eigenvalue weighted by atomic mass is 79.9. The van der Waals surface area contributed by atoms with E-state index < -0.39 is 6.04 Å². The van der Waals surface area contributed by atoms with Crippen LogP contribution in [0.2, 0.25) is 0 Å². The number of nitrogens with one attached hydrogen (secondary N) is 1. The molecule has 0 fully saturated rings. The van der Waals surface area contributed by atoms with Gasteiger partial charge in [-0.2, -0.15) is 0 Å². The summed E-state index contributed by atoms with van der Waals surface area (Å²) in [7, 11) is 0. The highest BCUT2D eigenvalue weighted by Crippen LogP contribution is 2.25. The summed E-state index contributed by atoms with van der Waals surface area (Å²) >= 11 is 3.52. The molecular weight excluding hydrogens is 528 g/mol. The van der Waals surface area contributed by atoms with Gasteiger partial charge >= 0.3 is 0 Å². The summed E-state index contributed by atoms with van der Waals surface area (Å²) in [6.07, 6.45) is 0.396. The van der Waals surface area contributed by atoms with Crippen LogP contribution in [0.25, 0.3) is 10.8 Å². The third-order valence-electron chi connectivity index (χ3n) is 6.04. The summed E-state index contributed by atoms with van der Waals surface area (Å²) in [6, 6.07) is 30.5. The van der Waals surface area contributed by atoms with Gasteiger partial charge in [0.15, 0.2) is 6.61 Å². The minimum Gasteiger partial charge on any atom is -0.483 e. The van der Waals surface area contributed by atoms with Crippen molar-refractivity contribution in [3.05, 3.63) is 113 Å². The second-order valence-electron chi connectivity index (χ2n) is 9.29. The molecule has 0 saturated carbocycles. The van der Waals surface area contributed by atoms with Crippen LogP contribution in [0.5, 0.6) is 5.75 Å². The molecule has 0 aliphatic heterocycles. The van der Waals surface area contributed by atoms with Crippen LogP contribution >= 0.6 is 15.9 Å². The molecule has 1 atom stereocenters. The molecule has 1 N–H and O–H groups in total. The maximum Gasteiger partial charge on any atom is 0.261 e. The number of ether oxygens (including phenoxy) is 1. The SMILES string of the molecule is CC(C)NC(=O)[C@H](Cc1ccccc1)N(Cc1cccc(Br)c1)C(=O)COc1cccc2ccccc12. The Morgan fingerprint density at radius 2 is 1.54 bits per heavy atom. The quantitative estimate of drug-likeness (QED) is 0.254. The lowest BCUT2D eigenvalue weighted by Gasteiger charge is -2.32. The van der Waals surface area contributed by atoms with Gasteiger partial charge in [-0.05, 0) is 48.6 Å². The van der Waals surface area contributed by atoms with Gasteiger partial charge in [-0.15, -0.1) is 0 Å². The zero-order chi connectivity index (χ0) is 26.2. The number of carbonyl (C=O) groups excluding carboxylic acids is 2. The average Bonchev–Trinajstić information content (AvgIpc) is 2.89. The molecule has 0 bridgehead atoms. The molecule has 0 spiro atoms. The standard InChI is InChI=1S/C31H31BrN2O3/c1-22(2)33-31(36)28(19-23-10-4-3-5-11-23)34(20-24-12-8-15-26(32)18-24)30(35)21-37-29-17-9-14-25-13-6-7-16-27(25)29/h3-18,22,28H,19-21H2,1-2H3,(H,33,36)/t28-/m0/s1. The van der Waals surface area contributed by atoms with Gasteiger partial charge in [0.25, 0.3) is 5.91 Å². The van der Waals surface area contributed by atoms with Gasteiger partial charge < -0.3 is 15.0 Å². The molecule has 4 aromatic rings. The Balaban J connectivity index is 1.64. The van der Waals surface area contributed by atoms with Crippen LogP contribution in [0.3, 0.4) is 0 Å². The van der Waals surface area contributed by atoms with Crippen LogP contribution in [0.15, 0.2) is 102 Å². The molecule has 0 heterocycles. The summed E-state index contributed by atoms with van der Waals surface area (Å²) in [5.74, 6) is 0.195. The Bertz CT molecular complexity index is 1350. The second-order valence-corrected chi connectivity index (χ2v) is 10.2. The molecular formula is C31H31BrN2O3. The first-order chi connectivity index (χ1) is 17.9. The number of nitrogens with zero attached hydrogens (tertiary/aromatic N) is 1. The molecule has 0 aliphatic rings. The number of amides is 2. The van der Waals surface area contributed by atoms with Crippen molar-refractivity contribution in [2.24, 2.45) is 0 Å². The van der Waals surface area contributed by atoms with Crippen LogP contribution in [0, 0.1) is 0 Å². The monoisotopic (exact) mass is 558 g/mol. The molecule has 6 heteroatoms. The molecule has 4 aromatic carbocycles. The van der Waals surface area contributed by atoms with Crippen molar-refractivity contribution < 1.29 is 14.3 Å². The van der Waals surface area contributed by atoms with Crippen LogP contribution in [-0.2, 0) is 22.6 Å². The fourth-order valence-electron chi connectivity index (χ4n) is 4.31. The van der Waals surface area contributed by atoms with Crippen molar-refractivity contribution in [2.75, 3.05) is 6.61 Å². The van der Waals surface area contributed by atoms with Gasteiger partial charge in [0.05, 0.1) is 0 Å². The van der Waals surface area contributed by atoms with E-state index in [4.69, 9.17) is 4.74 Å². The number of benzene rings is 4. The van der Waals surface area contributed by atoms with Crippen molar-refractivity contribution >= 4 is 38.5 Å². The lowest BCUT2D eigenvalue weighted by Crippen LogP contribution is -2.52. The molecule has 37 heavy (non-hydrogen) atoms. The Morgan fingerprint density at radius 3 is 2.30 bits per heavy atom. The topological polar surface area (TPSA) is 58.6 Å². The third kappa shape index (κ3) is 7.20. The minimum atomic E-state index is -0.701. The van der Waals surface area contributed by atoms with Crippen molar-refractivity contribution in [3.8, 4) is 5.75 Å². The van der Waals surface area contributed by atoms with Crippen molar-refractivity contribution in [3.63, 3.8) is 0 Å². The lowest BCUT2D eigenvalue weighted by atomic mass is 10.0. The molecule has 0 saturated heterocycles. The predicted octanol–water partition coefficient (Wildman–Crippen LogP) is 6.15. The fraction of sp³-hybridized carbons (Fsp3) is 0.226. The zero-order valence-electron chi connectivity index (χ0n) is 21.1. The van der Waals surface area contributed by atoms with Crippen LogP contribution in [-0.4, -0.2) is 35.4 Å². The molecule has 0 aromatic heterocycles. The lowest BCUT2D eigenvalue weighted by molar-refractivity contribution is -0.143. The highest BCUT2D eigenvalue weighted by molar-refractivity contribution is 9.10. The summed E-state index contributed by atoms with van der Waals surface area (Å²) in [6.45, 7) is 3.94. The van der Waals surface area contributed by atoms with Gasteiger partial charge in [0, 0.05) is 28.9 Å². The Morgan fingerprint density at radius 1 is 0.865 bits per heavy atom. The molecule has 4 rings (SSSR count). The van der Waals surface area contributed by atoms with Gasteiger partial charge in [-0.1, -0.05) is 94.8 Å². The van der Waals surface area contributed by atoms with E-state index >= 15 is 0 Å². The highest BCUT2D eigenvalue weighted by Gasteiger charge is 2.31. The van der Waals surface area contributed by atoms with E-state index in [1.54, 1.807) is 4.90 Å². The summed E-state index contributed by atoms with van der Waals surface area (Å²) in [5, 5.41) is 4.99. The average molecular weight is 560 g/mol. The summed E-state index contributed by atoms with van der Waals surface area (Å²) < 4.78 is 6.97. The number of fused-ring (bicyclic) bond motifs is 1. The van der Waals surface area contributed by atoms with Crippen molar-refractivity contribution in [1.29, 1.82) is 0 Å². The molecule has 5 nitrogen and oxygen atoms in total. The molecule has 0 aliphatic carbocycles. The van der Waals surface area contributed by atoms with E-state index in [1.807, 2.05) is 111 Å². The van der Waals surface area contributed by atoms with Gasteiger partial charge in [0.1, 0.15) is 11.8 Å². The molecule has 0 unspecified atom stereocenters. The largest absolute Gasteiger partial charge is 0.483 e. The molecule has 0 radical (unpaired) electrons. The van der Waals surface area contributed by atoms with E-state index in [0.29, 0.717) is 12.2 Å². The minimum absolute atomic E-state index is 0.0551. The first kappa shape index (κ1) is 26.4.